The third kappa shape index (κ3) is 12.7. The molecule has 88 valence electrons. The van der Waals surface area contributed by atoms with Gasteiger partial charge in [0.2, 0.25) is 0 Å². The molecule has 0 fully saturated rings. The normalized spacial score (nSPS) is 14.8. The molecule has 0 heterocycles. The van der Waals surface area contributed by atoms with Crippen LogP contribution in [0.1, 0.15) is 40.5 Å². The number of halogens is 1. The summed E-state index contributed by atoms with van der Waals surface area (Å²) >= 11 is 0. The van der Waals surface area contributed by atoms with E-state index in [1.54, 1.807) is 0 Å². The zero-order chi connectivity index (χ0) is 10.7. The van der Waals surface area contributed by atoms with Crippen molar-refractivity contribution in [3.8, 4) is 0 Å². The van der Waals surface area contributed by atoms with Crippen LogP contribution >= 0.6 is 0 Å². The van der Waals surface area contributed by atoms with Crippen LogP contribution < -0.4 is 24.0 Å². The average Bonchev–Trinajstić information content (AvgIpc) is 1.78. The molecule has 0 aliphatic heterocycles. The summed E-state index contributed by atoms with van der Waals surface area (Å²) in [6, 6.07) is 0. The van der Waals surface area contributed by atoms with Gasteiger partial charge in [-0.15, -0.1) is 0 Å². The summed E-state index contributed by atoms with van der Waals surface area (Å²) in [6.07, 6.45) is 2.69. The minimum Gasteiger partial charge on any atom is -1.00 e. The van der Waals surface area contributed by atoms with Gasteiger partial charge in [-0.3, -0.25) is 0 Å². The summed E-state index contributed by atoms with van der Waals surface area (Å²) in [5, 5.41) is 0. The van der Waals surface area contributed by atoms with E-state index in [2.05, 4.69) is 48.8 Å². The average molecular weight is 313 g/mol. The molecular formula is C12H28IN. The van der Waals surface area contributed by atoms with E-state index >= 15 is 0 Å². The highest BCUT2D eigenvalue weighted by molar-refractivity contribution is 4.65. The molecule has 0 saturated carbocycles. The summed E-state index contributed by atoms with van der Waals surface area (Å²) < 4.78 is 1.09. The van der Waals surface area contributed by atoms with Crippen LogP contribution in [0.3, 0.4) is 0 Å². The molecule has 0 aromatic carbocycles. The summed E-state index contributed by atoms with van der Waals surface area (Å²) in [7, 11) is 6.80. The Kier molecular flexibility index (Phi) is 7.71. The molecule has 0 spiro atoms. The van der Waals surface area contributed by atoms with Crippen LogP contribution in [0.25, 0.3) is 0 Å². The van der Waals surface area contributed by atoms with Crippen molar-refractivity contribution in [2.24, 2.45) is 11.3 Å². The van der Waals surface area contributed by atoms with Crippen LogP contribution in [0.5, 0.6) is 0 Å². The van der Waals surface area contributed by atoms with E-state index in [9.17, 15) is 0 Å². The molecule has 0 saturated heterocycles. The second-order valence-corrected chi connectivity index (χ2v) is 6.67. The molecule has 0 N–H and O–H groups in total. The molecule has 2 heteroatoms. The summed E-state index contributed by atoms with van der Waals surface area (Å²) in [5.74, 6) is 0.859. The van der Waals surface area contributed by atoms with Crippen molar-refractivity contribution in [1.82, 2.24) is 0 Å². The van der Waals surface area contributed by atoms with Gasteiger partial charge in [-0.2, -0.15) is 0 Å². The summed E-state index contributed by atoms with van der Waals surface area (Å²) in [5.41, 5.74) is 0.490. The van der Waals surface area contributed by atoms with Gasteiger partial charge < -0.3 is 28.5 Å². The van der Waals surface area contributed by atoms with Gasteiger partial charge in [0.1, 0.15) is 0 Å². The fourth-order valence-electron chi connectivity index (χ4n) is 1.76. The fourth-order valence-corrected chi connectivity index (χ4v) is 1.76. The lowest BCUT2D eigenvalue weighted by atomic mass is 9.84. The van der Waals surface area contributed by atoms with Crippen LogP contribution in [0, 0.1) is 11.3 Å². The molecule has 0 aromatic heterocycles. The van der Waals surface area contributed by atoms with E-state index in [0.717, 1.165) is 10.4 Å². The Morgan fingerprint density at radius 2 is 1.50 bits per heavy atom. The van der Waals surface area contributed by atoms with Gasteiger partial charge in [0.25, 0.3) is 0 Å². The summed E-state index contributed by atoms with van der Waals surface area (Å²) in [6.45, 7) is 10.7. The van der Waals surface area contributed by atoms with Crippen LogP contribution in [0.4, 0.5) is 0 Å². The lowest BCUT2D eigenvalue weighted by molar-refractivity contribution is -0.870. The van der Waals surface area contributed by atoms with Gasteiger partial charge in [0, 0.05) is 0 Å². The van der Waals surface area contributed by atoms with Gasteiger partial charge in [0.05, 0.1) is 27.7 Å². The van der Waals surface area contributed by atoms with Gasteiger partial charge in [-0.05, 0) is 24.2 Å². The highest BCUT2D eigenvalue weighted by Gasteiger charge is 2.17. The number of hydrogen-bond donors (Lipinski definition) is 0. The van der Waals surface area contributed by atoms with E-state index in [0.29, 0.717) is 5.41 Å². The van der Waals surface area contributed by atoms with Crippen molar-refractivity contribution < 1.29 is 28.5 Å². The lowest BCUT2D eigenvalue weighted by Crippen LogP contribution is -3.00. The second-order valence-electron chi connectivity index (χ2n) is 6.67. The van der Waals surface area contributed by atoms with E-state index in [4.69, 9.17) is 0 Å². The van der Waals surface area contributed by atoms with Crippen molar-refractivity contribution in [2.45, 2.75) is 40.5 Å². The van der Waals surface area contributed by atoms with E-state index in [1.165, 1.54) is 19.4 Å². The standard InChI is InChI=1S/C12H28N.HI/c1-11(10-12(2,3)4)8-9-13(5,6)7;/h11H,8-10H2,1-7H3;1H/q+1;/p-1. The molecule has 0 aromatic rings. The molecule has 1 nitrogen and oxygen atoms in total. The van der Waals surface area contributed by atoms with Crippen molar-refractivity contribution in [2.75, 3.05) is 27.7 Å². The first kappa shape index (κ1) is 17.1. The fraction of sp³-hybridized carbons (Fsp3) is 1.00. The van der Waals surface area contributed by atoms with E-state index in [-0.39, 0.29) is 24.0 Å². The summed E-state index contributed by atoms with van der Waals surface area (Å²) in [4.78, 5) is 0. The van der Waals surface area contributed by atoms with Crippen molar-refractivity contribution in [3.63, 3.8) is 0 Å². The second kappa shape index (κ2) is 6.31. The number of hydrogen-bond acceptors (Lipinski definition) is 0. The Hall–Kier alpha value is 0.690. The van der Waals surface area contributed by atoms with Crippen molar-refractivity contribution in [1.29, 1.82) is 0 Å². The molecule has 1 atom stereocenters. The van der Waals surface area contributed by atoms with Crippen molar-refractivity contribution >= 4 is 0 Å². The lowest BCUT2D eigenvalue weighted by Gasteiger charge is -2.28. The minimum atomic E-state index is 0. The zero-order valence-corrected chi connectivity index (χ0v) is 13.2. The van der Waals surface area contributed by atoms with Gasteiger partial charge in [-0.1, -0.05) is 27.7 Å². The van der Waals surface area contributed by atoms with Crippen molar-refractivity contribution in [3.05, 3.63) is 0 Å². The SMILES string of the molecule is CC(CC[N+](C)(C)C)CC(C)(C)C.[I-]. The highest BCUT2D eigenvalue weighted by atomic mass is 127. The molecular weight excluding hydrogens is 285 g/mol. The van der Waals surface area contributed by atoms with Gasteiger partial charge in [-0.25, -0.2) is 0 Å². The molecule has 0 rings (SSSR count). The maximum Gasteiger partial charge on any atom is 0.0783 e. The first-order chi connectivity index (χ1) is 5.60. The zero-order valence-electron chi connectivity index (χ0n) is 11.0. The maximum absolute atomic E-state index is 2.38. The quantitative estimate of drug-likeness (QED) is 0.512. The molecule has 0 bridgehead atoms. The molecule has 0 amide bonds. The third-order valence-corrected chi connectivity index (χ3v) is 2.25. The molecule has 14 heavy (non-hydrogen) atoms. The first-order valence-electron chi connectivity index (χ1n) is 5.41. The Morgan fingerprint density at radius 1 is 1.07 bits per heavy atom. The number of nitrogens with zero attached hydrogens (tertiary/aromatic N) is 1. The van der Waals surface area contributed by atoms with E-state index in [1.807, 2.05) is 0 Å². The largest absolute Gasteiger partial charge is 1.00 e. The van der Waals surface area contributed by atoms with Crippen LogP contribution in [-0.4, -0.2) is 32.2 Å². The van der Waals surface area contributed by atoms with Crippen LogP contribution in [0.15, 0.2) is 0 Å². The molecule has 1 unspecified atom stereocenters. The Morgan fingerprint density at radius 3 is 1.79 bits per heavy atom. The minimum absolute atomic E-state index is 0. The smallest absolute Gasteiger partial charge is 0.0783 e. The monoisotopic (exact) mass is 313 g/mol. The van der Waals surface area contributed by atoms with Crippen LogP contribution in [-0.2, 0) is 0 Å². The Balaban J connectivity index is 0. The molecule has 0 aliphatic rings. The van der Waals surface area contributed by atoms with Gasteiger partial charge >= 0.3 is 0 Å². The number of quaternary nitrogens is 1. The van der Waals surface area contributed by atoms with E-state index < -0.39 is 0 Å². The first-order valence-corrected chi connectivity index (χ1v) is 5.41. The Bertz CT molecular complexity index is 141. The third-order valence-electron chi connectivity index (χ3n) is 2.25. The molecule has 0 radical (unpaired) electrons. The predicted octanol–water partition coefficient (Wildman–Crippen LogP) is 0.159. The Labute approximate surface area is 108 Å². The number of rotatable bonds is 4. The predicted molar refractivity (Wildman–Crippen MR) is 60.8 cm³/mol. The van der Waals surface area contributed by atoms with Crippen LogP contribution in [0.2, 0.25) is 0 Å². The topological polar surface area (TPSA) is 0 Å². The molecule has 0 aliphatic carbocycles. The highest BCUT2D eigenvalue weighted by Crippen LogP contribution is 2.26. The maximum atomic E-state index is 2.38. The van der Waals surface area contributed by atoms with Gasteiger partial charge in [0.15, 0.2) is 0 Å².